The molecule has 0 aliphatic heterocycles. The average Bonchev–Trinajstić information content (AvgIpc) is 2.69. The highest BCUT2D eigenvalue weighted by Crippen LogP contribution is 2.04. The molecular formula is C11H18N4O2. The van der Waals surface area contributed by atoms with Gasteiger partial charge in [-0.3, -0.25) is 14.3 Å². The number of nitrogens with two attached hydrogens (primary N) is 1. The van der Waals surface area contributed by atoms with Crippen molar-refractivity contribution in [3.63, 3.8) is 0 Å². The van der Waals surface area contributed by atoms with Crippen LogP contribution in [0.3, 0.4) is 0 Å². The van der Waals surface area contributed by atoms with E-state index in [9.17, 15) is 9.59 Å². The van der Waals surface area contributed by atoms with Crippen LogP contribution >= 0.6 is 0 Å². The largest absolute Gasteiger partial charge is 0.364 e. The summed E-state index contributed by atoms with van der Waals surface area (Å²) in [5.74, 6) is -0.497. The molecule has 0 spiro atoms. The van der Waals surface area contributed by atoms with E-state index in [0.717, 1.165) is 0 Å². The Morgan fingerprint density at radius 3 is 2.65 bits per heavy atom. The standard InChI is InChI=1S/C11H18N4O2/c1-4-15-9(5-8(14-15)10(12)16)11(17)13-6-7(2)3/h5,7H,4,6H2,1-3H3,(H2,12,16)(H,13,17). The number of hydrogen-bond donors (Lipinski definition) is 2. The van der Waals surface area contributed by atoms with Gasteiger partial charge in [0.2, 0.25) is 0 Å². The number of nitrogens with one attached hydrogen (secondary N) is 1. The molecule has 1 aromatic rings. The molecule has 0 aliphatic rings. The van der Waals surface area contributed by atoms with Crippen molar-refractivity contribution >= 4 is 11.8 Å². The zero-order chi connectivity index (χ0) is 13.0. The fourth-order valence-corrected chi connectivity index (χ4v) is 1.35. The Bertz CT molecular complexity index is 423. The molecule has 6 heteroatoms. The predicted molar refractivity (Wildman–Crippen MR) is 63.6 cm³/mol. The Morgan fingerprint density at radius 1 is 1.53 bits per heavy atom. The van der Waals surface area contributed by atoms with Gasteiger partial charge in [-0.15, -0.1) is 0 Å². The first kappa shape index (κ1) is 13.2. The lowest BCUT2D eigenvalue weighted by atomic mass is 10.2. The molecule has 0 aliphatic carbocycles. The molecule has 17 heavy (non-hydrogen) atoms. The second-order valence-electron chi connectivity index (χ2n) is 4.20. The van der Waals surface area contributed by atoms with Crippen LogP contribution in [0.4, 0.5) is 0 Å². The van der Waals surface area contributed by atoms with E-state index in [1.54, 1.807) is 0 Å². The Kier molecular flexibility index (Phi) is 4.25. The average molecular weight is 238 g/mol. The molecule has 0 saturated carbocycles. The topological polar surface area (TPSA) is 90.0 Å². The molecule has 0 fully saturated rings. The van der Waals surface area contributed by atoms with Crippen LogP contribution in [0.15, 0.2) is 6.07 Å². The van der Waals surface area contributed by atoms with Crippen LogP contribution in [0.1, 0.15) is 41.7 Å². The fraction of sp³-hybridized carbons (Fsp3) is 0.545. The highest BCUT2D eigenvalue weighted by molar-refractivity contribution is 5.97. The minimum Gasteiger partial charge on any atom is -0.364 e. The maximum absolute atomic E-state index is 11.8. The molecular weight excluding hydrogens is 220 g/mol. The van der Waals surface area contributed by atoms with Crippen molar-refractivity contribution in [1.29, 1.82) is 0 Å². The van der Waals surface area contributed by atoms with E-state index in [4.69, 9.17) is 5.73 Å². The summed E-state index contributed by atoms with van der Waals surface area (Å²) in [7, 11) is 0. The van der Waals surface area contributed by atoms with Crippen molar-refractivity contribution in [2.45, 2.75) is 27.3 Å². The summed E-state index contributed by atoms with van der Waals surface area (Å²) in [6, 6.07) is 1.42. The summed E-state index contributed by atoms with van der Waals surface area (Å²) in [5, 5.41) is 6.73. The maximum Gasteiger partial charge on any atom is 0.269 e. The van der Waals surface area contributed by atoms with Crippen molar-refractivity contribution in [1.82, 2.24) is 15.1 Å². The summed E-state index contributed by atoms with van der Waals surface area (Å²) in [6.07, 6.45) is 0. The van der Waals surface area contributed by atoms with Crippen LogP contribution in [0, 0.1) is 5.92 Å². The number of nitrogens with zero attached hydrogens (tertiary/aromatic N) is 2. The quantitative estimate of drug-likeness (QED) is 0.777. The zero-order valence-corrected chi connectivity index (χ0v) is 10.4. The van der Waals surface area contributed by atoms with Crippen LogP contribution in [-0.4, -0.2) is 28.1 Å². The fourth-order valence-electron chi connectivity index (χ4n) is 1.35. The van der Waals surface area contributed by atoms with Gasteiger partial charge >= 0.3 is 0 Å². The minimum atomic E-state index is -0.630. The Morgan fingerprint density at radius 2 is 2.18 bits per heavy atom. The molecule has 0 aromatic carbocycles. The molecule has 0 bridgehead atoms. The molecule has 3 N–H and O–H groups in total. The second kappa shape index (κ2) is 5.47. The van der Waals surface area contributed by atoms with Crippen molar-refractivity contribution in [2.24, 2.45) is 11.7 Å². The normalized spacial score (nSPS) is 10.6. The number of aryl methyl sites for hydroxylation is 1. The molecule has 0 unspecified atom stereocenters. The van der Waals surface area contributed by atoms with E-state index in [1.807, 2.05) is 20.8 Å². The summed E-state index contributed by atoms with van der Waals surface area (Å²) in [5.41, 5.74) is 5.60. The number of carbonyl (C=O) groups is 2. The number of amides is 2. The monoisotopic (exact) mass is 238 g/mol. The van der Waals surface area contributed by atoms with E-state index in [2.05, 4.69) is 10.4 Å². The number of primary amides is 1. The van der Waals surface area contributed by atoms with E-state index < -0.39 is 5.91 Å². The van der Waals surface area contributed by atoms with Gasteiger partial charge in [-0.25, -0.2) is 0 Å². The molecule has 1 aromatic heterocycles. The van der Waals surface area contributed by atoms with Crippen LogP contribution in [0.5, 0.6) is 0 Å². The lowest BCUT2D eigenvalue weighted by Gasteiger charge is -2.08. The second-order valence-corrected chi connectivity index (χ2v) is 4.20. The molecule has 0 radical (unpaired) electrons. The van der Waals surface area contributed by atoms with Crippen molar-refractivity contribution in [3.8, 4) is 0 Å². The molecule has 1 heterocycles. The Hall–Kier alpha value is -1.85. The van der Waals surface area contributed by atoms with E-state index in [1.165, 1.54) is 10.7 Å². The van der Waals surface area contributed by atoms with Gasteiger partial charge in [0.15, 0.2) is 5.69 Å². The SMILES string of the molecule is CCn1nc(C(N)=O)cc1C(=O)NCC(C)C. The first-order valence-corrected chi connectivity index (χ1v) is 5.61. The molecule has 1 rings (SSSR count). The number of carbonyl (C=O) groups excluding carboxylic acids is 2. The van der Waals surface area contributed by atoms with Crippen molar-refractivity contribution in [3.05, 3.63) is 17.5 Å². The van der Waals surface area contributed by atoms with Gasteiger partial charge in [-0.2, -0.15) is 5.10 Å². The van der Waals surface area contributed by atoms with Gasteiger partial charge in [0.25, 0.3) is 11.8 Å². The van der Waals surface area contributed by atoms with Gasteiger partial charge in [0.05, 0.1) is 0 Å². The smallest absolute Gasteiger partial charge is 0.269 e. The third-order valence-electron chi connectivity index (χ3n) is 2.24. The van der Waals surface area contributed by atoms with E-state index in [0.29, 0.717) is 24.7 Å². The number of hydrogen-bond acceptors (Lipinski definition) is 3. The molecule has 0 atom stereocenters. The van der Waals surface area contributed by atoms with Gasteiger partial charge in [0.1, 0.15) is 5.69 Å². The van der Waals surface area contributed by atoms with Crippen molar-refractivity contribution in [2.75, 3.05) is 6.54 Å². The van der Waals surface area contributed by atoms with Crippen LogP contribution in [0.2, 0.25) is 0 Å². The summed E-state index contributed by atoms with van der Waals surface area (Å²) >= 11 is 0. The van der Waals surface area contributed by atoms with Gasteiger partial charge < -0.3 is 11.1 Å². The highest BCUT2D eigenvalue weighted by atomic mass is 16.2. The minimum absolute atomic E-state index is 0.113. The lowest BCUT2D eigenvalue weighted by molar-refractivity contribution is 0.0937. The first-order chi connectivity index (χ1) is 7.95. The van der Waals surface area contributed by atoms with Gasteiger partial charge in [-0.05, 0) is 12.8 Å². The number of aromatic nitrogens is 2. The molecule has 6 nitrogen and oxygen atoms in total. The summed E-state index contributed by atoms with van der Waals surface area (Å²) < 4.78 is 1.47. The van der Waals surface area contributed by atoms with Crippen LogP contribution in [-0.2, 0) is 6.54 Å². The lowest BCUT2D eigenvalue weighted by Crippen LogP contribution is -2.29. The molecule has 0 saturated heterocycles. The third-order valence-corrected chi connectivity index (χ3v) is 2.24. The molecule has 94 valence electrons. The third kappa shape index (κ3) is 3.30. The Balaban J connectivity index is 2.88. The number of rotatable bonds is 5. The summed E-state index contributed by atoms with van der Waals surface area (Å²) in [4.78, 5) is 22.8. The first-order valence-electron chi connectivity index (χ1n) is 5.61. The predicted octanol–water partition coefficient (Wildman–Crippen LogP) is 0.388. The van der Waals surface area contributed by atoms with Crippen molar-refractivity contribution < 1.29 is 9.59 Å². The van der Waals surface area contributed by atoms with Crippen LogP contribution in [0.25, 0.3) is 0 Å². The molecule has 2 amide bonds. The highest BCUT2D eigenvalue weighted by Gasteiger charge is 2.16. The van der Waals surface area contributed by atoms with Gasteiger partial charge in [-0.1, -0.05) is 13.8 Å². The summed E-state index contributed by atoms with van der Waals surface area (Å²) in [6.45, 7) is 6.95. The van der Waals surface area contributed by atoms with E-state index in [-0.39, 0.29) is 11.6 Å². The van der Waals surface area contributed by atoms with E-state index >= 15 is 0 Å². The zero-order valence-electron chi connectivity index (χ0n) is 10.4. The Labute approximate surface area is 100 Å². The maximum atomic E-state index is 11.8. The van der Waals surface area contributed by atoms with Crippen LogP contribution < -0.4 is 11.1 Å². The van der Waals surface area contributed by atoms with Gasteiger partial charge in [0, 0.05) is 19.2 Å².